The Morgan fingerprint density at radius 1 is 1.03 bits per heavy atom. The Labute approximate surface area is 215 Å². The van der Waals surface area contributed by atoms with Gasteiger partial charge >= 0.3 is 0 Å². The van der Waals surface area contributed by atoms with Crippen LogP contribution in [-0.4, -0.2) is 39.5 Å². The number of anilines is 1. The maximum absolute atomic E-state index is 13.2. The molecule has 0 radical (unpaired) electrons. The Hall–Kier alpha value is -4.42. The second kappa shape index (κ2) is 11.5. The molecular formula is C26H20FN5O4S. The van der Waals surface area contributed by atoms with Crippen LogP contribution in [0.4, 0.5) is 10.2 Å². The molecule has 37 heavy (non-hydrogen) atoms. The maximum Gasteiger partial charge on any atom is 0.226 e. The largest absolute Gasteiger partial charge is 0.491 e. The molecule has 0 aliphatic carbocycles. The maximum atomic E-state index is 13.2. The minimum Gasteiger partial charge on any atom is -0.491 e. The molecule has 0 aliphatic heterocycles. The first-order valence-electron chi connectivity index (χ1n) is 10.9. The number of halogens is 1. The highest BCUT2D eigenvalue weighted by Gasteiger charge is 2.21. The van der Waals surface area contributed by atoms with Crippen molar-refractivity contribution in [2.45, 2.75) is 16.9 Å². The summed E-state index contributed by atoms with van der Waals surface area (Å²) < 4.78 is 24.1. The van der Waals surface area contributed by atoms with E-state index < -0.39 is 12.7 Å². The molecule has 0 saturated carbocycles. The summed E-state index contributed by atoms with van der Waals surface area (Å²) >= 11 is 1.21. The summed E-state index contributed by atoms with van der Waals surface area (Å²) in [4.78, 5) is 8.70. The fraction of sp³-hybridized carbons (Fsp3) is 0.154. The minimum atomic E-state index is -1.01. The van der Waals surface area contributed by atoms with Gasteiger partial charge in [0.2, 0.25) is 5.89 Å². The van der Waals surface area contributed by atoms with Crippen LogP contribution in [0.5, 0.6) is 5.75 Å². The van der Waals surface area contributed by atoms with E-state index >= 15 is 0 Å². The van der Waals surface area contributed by atoms with Crippen molar-refractivity contribution in [1.82, 2.24) is 9.97 Å². The van der Waals surface area contributed by atoms with E-state index in [-0.39, 0.29) is 29.4 Å². The molecule has 0 amide bonds. The van der Waals surface area contributed by atoms with Crippen molar-refractivity contribution in [2.75, 3.05) is 18.9 Å². The van der Waals surface area contributed by atoms with Crippen molar-refractivity contribution >= 4 is 17.6 Å². The smallest absolute Gasteiger partial charge is 0.226 e. The number of pyridine rings is 1. The second-order valence-corrected chi connectivity index (χ2v) is 8.73. The van der Waals surface area contributed by atoms with E-state index in [4.69, 9.17) is 20.0 Å². The molecule has 9 nitrogen and oxygen atoms in total. The SMILES string of the molecule is N#Cc1c(N)nc(SCc2coc(-c3ccc(F)cc3)n2)c(C#N)c1-c1ccc(OC[C@@H](O)CO)cc1. The van der Waals surface area contributed by atoms with Crippen LogP contribution in [-0.2, 0) is 5.75 Å². The highest BCUT2D eigenvalue weighted by atomic mass is 32.2. The molecule has 0 fully saturated rings. The fourth-order valence-electron chi connectivity index (χ4n) is 3.39. The third-order valence-electron chi connectivity index (χ3n) is 5.21. The number of benzene rings is 2. The molecule has 0 saturated heterocycles. The first-order chi connectivity index (χ1) is 17.9. The number of aromatic nitrogens is 2. The Morgan fingerprint density at radius 3 is 2.35 bits per heavy atom. The zero-order chi connectivity index (χ0) is 26.4. The molecule has 2 aromatic carbocycles. The van der Waals surface area contributed by atoms with E-state index in [9.17, 15) is 20.0 Å². The van der Waals surface area contributed by atoms with Crippen LogP contribution in [0.25, 0.3) is 22.6 Å². The van der Waals surface area contributed by atoms with Gasteiger partial charge in [0.25, 0.3) is 0 Å². The number of nitriles is 2. The number of aliphatic hydroxyl groups excluding tert-OH is 2. The monoisotopic (exact) mass is 517 g/mol. The number of oxazole rings is 1. The molecule has 1 atom stereocenters. The summed E-state index contributed by atoms with van der Waals surface area (Å²) in [7, 11) is 0. The number of rotatable bonds is 9. The standard InChI is InChI=1S/C26H20FN5O4S/c27-17-5-1-16(2-6-17)25-31-18(12-36-25)14-37-26-22(10-29)23(21(9-28)24(30)32-26)15-3-7-20(8-4-15)35-13-19(34)11-33/h1-8,12,19,33-34H,11,13-14H2,(H2,30,32)/t19-/m0/s1. The first-order valence-corrected chi connectivity index (χ1v) is 11.9. The number of aliphatic hydroxyl groups is 2. The van der Waals surface area contributed by atoms with Crippen LogP contribution in [0, 0.1) is 28.5 Å². The van der Waals surface area contributed by atoms with Crippen LogP contribution in [0.2, 0.25) is 0 Å². The molecule has 2 aromatic heterocycles. The quantitative estimate of drug-likeness (QED) is 0.278. The van der Waals surface area contributed by atoms with E-state index in [0.717, 1.165) is 0 Å². The Bertz CT molecular complexity index is 1480. The molecule has 4 N–H and O–H groups in total. The van der Waals surface area contributed by atoms with Gasteiger partial charge in [0, 0.05) is 16.9 Å². The average Bonchev–Trinajstić information content (AvgIpc) is 3.39. The molecule has 4 aromatic rings. The number of thioether (sulfide) groups is 1. The third kappa shape index (κ3) is 5.88. The van der Waals surface area contributed by atoms with Gasteiger partial charge in [-0.2, -0.15) is 10.5 Å². The van der Waals surface area contributed by atoms with Gasteiger partial charge in [-0.15, -0.1) is 0 Å². The summed E-state index contributed by atoms with van der Waals surface area (Å²) in [5.41, 5.74) is 8.43. The lowest BCUT2D eigenvalue weighted by molar-refractivity contribution is 0.0536. The molecule has 11 heteroatoms. The fourth-order valence-corrected chi connectivity index (χ4v) is 4.27. The molecule has 2 heterocycles. The zero-order valence-electron chi connectivity index (χ0n) is 19.3. The number of hydrogen-bond donors (Lipinski definition) is 3. The third-order valence-corrected chi connectivity index (χ3v) is 6.22. The normalized spacial score (nSPS) is 11.5. The number of nitrogens with two attached hydrogens (primary N) is 1. The highest BCUT2D eigenvalue weighted by Crippen LogP contribution is 2.37. The van der Waals surface area contributed by atoms with Crippen molar-refractivity contribution in [1.29, 1.82) is 10.5 Å². The van der Waals surface area contributed by atoms with E-state index in [0.29, 0.717) is 44.8 Å². The van der Waals surface area contributed by atoms with Gasteiger partial charge in [0.05, 0.1) is 17.9 Å². The van der Waals surface area contributed by atoms with E-state index in [1.807, 2.05) is 6.07 Å². The van der Waals surface area contributed by atoms with Gasteiger partial charge in [0.15, 0.2) is 0 Å². The number of hydrogen-bond acceptors (Lipinski definition) is 10. The summed E-state index contributed by atoms with van der Waals surface area (Å²) in [6.07, 6.45) is 0.462. The molecular weight excluding hydrogens is 497 g/mol. The van der Waals surface area contributed by atoms with Gasteiger partial charge in [0.1, 0.15) is 59.1 Å². The van der Waals surface area contributed by atoms with Gasteiger partial charge in [-0.3, -0.25) is 0 Å². The predicted octanol–water partition coefficient (Wildman–Crippen LogP) is 3.89. The molecule has 0 spiro atoms. The summed E-state index contributed by atoms with van der Waals surface area (Å²) in [6, 6.07) is 16.5. The van der Waals surface area contributed by atoms with E-state index in [1.54, 1.807) is 36.4 Å². The minimum absolute atomic E-state index is 0.0162. The van der Waals surface area contributed by atoms with Gasteiger partial charge in [-0.05, 0) is 42.0 Å². The molecule has 186 valence electrons. The zero-order valence-corrected chi connectivity index (χ0v) is 20.1. The van der Waals surface area contributed by atoms with Crippen molar-refractivity contribution in [3.05, 3.63) is 77.4 Å². The van der Waals surface area contributed by atoms with Crippen LogP contribution in [0.1, 0.15) is 16.8 Å². The molecule has 0 bridgehead atoms. The van der Waals surface area contributed by atoms with E-state index in [2.05, 4.69) is 16.0 Å². The van der Waals surface area contributed by atoms with Crippen LogP contribution in [0.15, 0.2) is 64.2 Å². The van der Waals surface area contributed by atoms with Crippen molar-refractivity contribution in [3.63, 3.8) is 0 Å². The van der Waals surface area contributed by atoms with Crippen LogP contribution >= 0.6 is 11.8 Å². The van der Waals surface area contributed by atoms with Gasteiger partial charge in [-0.1, -0.05) is 23.9 Å². The van der Waals surface area contributed by atoms with Crippen LogP contribution < -0.4 is 10.5 Å². The first kappa shape index (κ1) is 25.7. The van der Waals surface area contributed by atoms with Gasteiger partial charge in [-0.25, -0.2) is 14.4 Å². The lowest BCUT2D eigenvalue weighted by Crippen LogP contribution is -2.21. The van der Waals surface area contributed by atoms with Crippen molar-refractivity contribution < 1.29 is 23.8 Å². The lowest BCUT2D eigenvalue weighted by atomic mass is 9.97. The van der Waals surface area contributed by atoms with Crippen molar-refractivity contribution in [2.24, 2.45) is 0 Å². The Morgan fingerprint density at radius 2 is 1.70 bits per heavy atom. The number of nitrogens with zero attached hydrogens (tertiary/aromatic N) is 4. The van der Waals surface area contributed by atoms with Crippen molar-refractivity contribution in [3.8, 4) is 40.5 Å². The topological polar surface area (TPSA) is 162 Å². The van der Waals surface area contributed by atoms with Crippen LogP contribution in [0.3, 0.4) is 0 Å². The lowest BCUT2D eigenvalue weighted by Gasteiger charge is -2.14. The number of ether oxygens (including phenoxy) is 1. The van der Waals surface area contributed by atoms with Gasteiger partial charge < -0.3 is 25.1 Å². The number of nitrogen functional groups attached to an aromatic ring is 1. The summed E-state index contributed by atoms with van der Waals surface area (Å²) in [5, 5.41) is 38.4. The predicted molar refractivity (Wildman–Crippen MR) is 134 cm³/mol. The molecule has 0 unspecified atom stereocenters. The molecule has 4 rings (SSSR count). The Balaban J connectivity index is 1.60. The average molecular weight is 518 g/mol. The summed E-state index contributed by atoms with van der Waals surface area (Å²) in [5.74, 6) is 0.693. The molecule has 0 aliphatic rings. The highest BCUT2D eigenvalue weighted by molar-refractivity contribution is 7.98. The summed E-state index contributed by atoms with van der Waals surface area (Å²) in [6.45, 7) is -0.510. The Kier molecular flexibility index (Phi) is 8.01. The van der Waals surface area contributed by atoms with E-state index in [1.165, 1.54) is 30.2 Å². The second-order valence-electron chi connectivity index (χ2n) is 7.76.